The van der Waals surface area contributed by atoms with E-state index in [2.05, 4.69) is 0 Å². The van der Waals surface area contributed by atoms with E-state index in [-0.39, 0.29) is 70.1 Å². The van der Waals surface area contributed by atoms with Crippen LogP contribution in [-0.2, 0) is 55.8 Å². The second kappa shape index (κ2) is 12.9. The summed E-state index contributed by atoms with van der Waals surface area (Å²) in [4.78, 5) is 25.6. The minimum Gasteiger partial charge on any atom is -0.822 e. The Morgan fingerprint density at radius 3 is 1.00 bits per heavy atom. The van der Waals surface area contributed by atoms with E-state index >= 15 is 0 Å². The summed E-state index contributed by atoms with van der Waals surface area (Å²) in [6, 6.07) is 0. The number of hydrogen-bond acceptors (Lipinski definition) is 4. The minimum atomic E-state index is -5.39. The van der Waals surface area contributed by atoms with Crippen molar-refractivity contribution in [2.45, 2.75) is 0 Å². The third kappa shape index (κ3) is 137. The van der Waals surface area contributed by atoms with E-state index < -0.39 is 7.82 Å². The van der Waals surface area contributed by atoms with Crippen molar-refractivity contribution in [2.24, 2.45) is 0 Å². The molecule has 0 saturated carbocycles. The fourth-order valence-corrected chi connectivity index (χ4v) is 0. The van der Waals surface area contributed by atoms with Gasteiger partial charge in [0.05, 0.1) is 0 Å². The van der Waals surface area contributed by atoms with E-state index in [1.54, 1.807) is 0 Å². The molecule has 9 heavy (non-hydrogen) atoms. The summed E-state index contributed by atoms with van der Waals surface area (Å²) in [7, 11) is -5.39. The molecule has 0 aromatic rings. The van der Waals surface area contributed by atoms with Crippen LogP contribution in [-0.4, -0.2) is 0 Å². The van der Waals surface area contributed by atoms with Crippen LogP contribution in [0.5, 0.6) is 0 Å². The van der Waals surface area contributed by atoms with Crippen LogP contribution in [0.1, 0.15) is 0 Å². The van der Waals surface area contributed by atoms with Crippen molar-refractivity contribution >= 4 is 7.82 Å². The first-order valence-electron chi connectivity index (χ1n) is 0.730. The Balaban J connectivity index is -0.0000000133. The van der Waals surface area contributed by atoms with Crippen molar-refractivity contribution in [2.75, 3.05) is 0 Å². The van der Waals surface area contributed by atoms with Crippen LogP contribution in [0.3, 0.4) is 0 Å². The molecule has 0 rings (SSSR count). The third-order valence-corrected chi connectivity index (χ3v) is 0. The summed E-state index contributed by atoms with van der Waals surface area (Å²) in [6.45, 7) is 0. The van der Waals surface area contributed by atoms with Crippen LogP contribution in [0.25, 0.3) is 0 Å². The first kappa shape index (κ1) is 30.2. The van der Waals surface area contributed by atoms with Gasteiger partial charge in [-0.1, -0.05) is 0 Å². The van der Waals surface area contributed by atoms with Gasteiger partial charge in [-0.2, -0.15) is 7.82 Å². The van der Waals surface area contributed by atoms with Crippen LogP contribution in [0.4, 0.5) is 0 Å². The zero-order chi connectivity index (χ0) is 4.50. The van der Waals surface area contributed by atoms with E-state index in [1.807, 2.05) is 0 Å². The second-order valence-corrected chi connectivity index (χ2v) is 1.34. The molecule has 4 nitrogen and oxygen atoms in total. The van der Waals surface area contributed by atoms with Crippen molar-refractivity contribution in [3.05, 3.63) is 0 Å². The molecule has 1 radical (unpaired) electrons. The number of hydrogen-bond donors (Lipinski definition) is 0. The second-order valence-electron chi connectivity index (χ2n) is 0.447. The molecule has 0 amide bonds. The molecule has 53 valence electrons. The van der Waals surface area contributed by atoms with Crippen LogP contribution in [0.2, 0.25) is 0 Å². The van der Waals surface area contributed by atoms with Crippen LogP contribution < -0.4 is 33.5 Å². The molecule has 0 atom stereocenters. The van der Waals surface area contributed by atoms with Gasteiger partial charge in [0.25, 0.3) is 0 Å². The molecule has 0 saturated heterocycles. The average Bonchev–Trinajstić information content (AvgIpc) is 0.722. The minimum absolute atomic E-state index is 0. The molecule has 0 spiro atoms. The molecule has 0 heterocycles. The van der Waals surface area contributed by atoms with Crippen LogP contribution >= 0.6 is 7.82 Å². The van der Waals surface area contributed by atoms with Crippen LogP contribution in [0.15, 0.2) is 0 Å². The van der Waals surface area contributed by atoms with Gasteiger partial charge < -0.3 is 19.2 Å². The van der Waals surface area contributed by atoms with E-state index in [1.165, 1.54) is 0 Å². The van der Waals surface area contributed by atoms with Crippen LogP contribution in [0, 0.1) is 0 Å². The van der Waals surface area contributed by atoms with Crippen molar-refractivity contribution in [3.63, 3.8) is 0 Å². The molecule has 0 aliphatic rings. The van der Waals surface area contributed by atoms with E-state index in [9.17, 15) is 0 Å². The molecule has 0 aliphatic heterocycles. The van der Waals surface area contributed by atoms with Gasteiger partial charge in [-0.05, 0) is 0 Å². The number of phosphoric acid groups is 1. The van der Waals surface area contributed by atoms with Crippen molar-refractivity contribution in [1.82, 2.24) is 0 Å². The van der Waals surface area contributed by atoms with Crippen molar-refractivity contribution in [1.29, 1.82) is 0 Å². The molecule has 9 heteroatoms. The summed E-state index contributed by atoms with van der Waals surface area (Å²) < 4.78 is 8.55. The maximum Gasteiger partial charge on any atom is 2.00 e. The molecule has 0 unspecified atom stereocenters. The van der Waals surface area contributed by atoms with E-state index in [0.29, 0.717) is 0 Å². The number of rotatable bonds is 0. The monoisotopic (exact) mass is 269 g/mol. The van der Waals surface area contributed by atoms with Gasteiger partial charge in [-0.15, -0.1) is 0 Å². The Kier molecular flexibility index (Phi) is 43.3. The van der Waals surface area contributed by atoms with Gasteiger partial charge in [0, 0.05) is 34.1 Å². The predicted octanol–water partition coefficient (Wildman–Crippen LogP) is -5.83. The Morgan fingerprint density at radius 2 is 1.00 bits per heavy atom. The third-order valence-electron chi connectivity index (χ3n) is 0. The standard InChI is InChI=1S/2Fe.Li.Mn.H3O4P/c;;;;1-5(2,3)4/h;;;;(H3,1,2,3,4)/q;;+1;+2;/p-3. The Hall–Kier alpha value is 2.27. The SMILES string of the molecule is O=P([O-])([O-])[O-].[Fe].[Fe].[Li+].[Mn+2]. The summed E-state index contributed by atoms with van der Waals surface area (Å²) >= 11 is 0. The van der Waals surface area contributed by atoms with Gasteiger partial charge in [0.1, 0.15) is 0 Å². The zero-order valence-electron chi connectivity index (χ0n) is 4.17. The summed E-state index contributed by atoms with van der Waals surface area (Å²) in [5.74, 6) is 0. The molecule has 0 fully saturated rings. The Morgan fingerprint density at radius 1 is 1.00 bits per heavy atom. The van der Waals surface area contributed by atoms with Gasteiger partial charge in [-0.3, -0.25) is 0 Å². The van der Waals surface area contributed by atoms with Crippen molar-refractivity contribution in [3.8, 4) is 0 Å². The maximum absolute atomic E-state index is 8.55. The van der Waals surface area contributed by atoms with Crippen molar-refractivity contribution < 1.29 is 89.3 Å². The molecular weight excluding hydrogens is 269 g/mol. The average molecular weight is 269 g/mol. The van der Waals surface area contributed by atoms with E-state index in [4.69, 9.17) is 19.2 Å². The summed E-state index contributed by atoms with van der Waals surface area (Å²) in [6.07, 6.45) is 0. The smallest absolute Gasteiger partial charge is 0.822 e. The molecule has 0 bridgehead atoms. The normalized spacial score (nSPS) is 6.56. The molecule has 0 N–H and O–H groups in total. The fraction of sp³-hybridized carbons (Fsp3) is 0. The largest absolute Gasteiger partial charge is 2.00 e. The topological polar surface area (TPSA) is 86.2 Å². The molecule has 0 aliphatic carbocycles. The van der Waals surface area contributed by atoms with Gasteiger partial charge in [-0.25, -0.2) is 0 Å². The summed E-state index contributed by atoms with van der Waals surface area (Å²) in [5.41, 5.74) is 0. The van der Waals surface area contributed by atoms with Gasteiger partial charge in [0.2, 0.25) is 0 Å². The molecular formula is Fe2LiMnO4P. The first-order valence-corrected chi connectivity index (χ1v) is 2.19. The molecule has 0 aromatic carbocycles. The molecule has 0 aromatic heterocycles. The predicted molar refractivity (Wildman–Crippen MR) is 7.61 cm³/mol. The maximum atomic E-state index is 8.55. The quantitative estimate of drug-likeness (QED) is 0.323. The first-order chi connectivity index (χ1) is 2.00. The fourth-order valence-electron chi connectivity index (χ4n) is 0. The Labute approximate surface area is 96.4 Å². The van der Waals surface area contributed by atoms with Gasteiger partial charge >= 0.3 is 35.9 Å². The zero-order valence-corrected chi connectivity index (χ0v) is 8.45. The summed E-state index contributed by atoms with van der Waals surface area (Å²) in [5, 5.41) is 0. The van der Waals surface area contributed by atoms with E-state index in [0.717, 1.165) is 0 Å². The van der Waals surface area contributed by atoms with Gasteiger partial charge in [0.15, 0.2) is 0 Å². The Bertz CT molecular complexity index is 64.7.